The van der Waals surface area contributed by atoms with Crippen molar-refractivity contribution < 1.29 is 0 Å². The van der Waals surface area contributed by atoms with Crippen molar-refractivity contribution in [2.24, 2.45) is 7.05 Å². The lowest BCUT2D eigenvalue weighted by Crippen LogP contribution is -2.46. The third-order valence-electron chi connectivity index (χ3n) is 5.04. The van der Waals surface area contributed by atoms with Crippen molar-refractivity contribution in [1.29, 1.82) is 0 Å². The van der Waals surface area contributed by atoms with E-state index in [2.05, 4.69) is 51.0 Å². The molecule has 7 heteroatoms. The highest BCUT2D eigenvalue weighted by molar-refractivity contribution is 5.49. The number of nitrogens with zero attached hydrogens (tertiary/aromatic N) is 7. The topological polar surface area (TPSA) is 53.3 Å². The maximum Gasteiger partial charge on any atom is 0.134 e. The minimum absolute atomic E-state index is 0.462. The van der Waals surface area contributed by atoms with Crippen molar-refractivity contribution in [1.82, 2.24) is 24.6 Å². The smallest absolute Gasteiger partial charge is 0.134 e. The van der Waals surface area contributed by atoms with Gasteiger partial charge < -0.3 is 9.80 Å². The molecule has 136 valence electrons. The molecule has 2 aromatic rings. The van der Waals surface area contributed by atoms with Crippen LogP contribution in [0.1, 0.15) is 24.2 Å². The minimum Gasteiger partial charge on any atom is -0.363 e. The summed E-state index contributed by atoms with van der Waals surface area (Å²) < 4.78 is 1.95. The molecule has 1 fully saturated rings. The van der Waals surface area contributed by atoms with E-state index in [-0.39, 0.29) is 0 Å². The zero-order chi connectivity index (χ0) is 18.0. The molecule has 1 unspecified atom stereocenters. The van der Waals surface area contributed by atoms with Crippen LogP contribution in [0.4, 0.5) is 11.6 Å². The van der Waals surface area contributed by atoms with Crippen LogP contribution in [0.2, 0.25) is 0 Å². The monoisotopic (exact) mass is 343 g/mol. The van der Waals surface area contributed by atoms with Gasteiger partial charge in [0.2, 0.25) is 0 Å². The van der Waals surface area contributed by atoms with Gasteiger partial charge in [-0.3, -0.25) is 9.58 Å². The molecular weight excluding hydrogens is 314 g/mol. The second-order valence-corrected chi connectivity index (χ2v) is 7.17. The molecule has 7 nitrogen and oxygen atoms in total. The molecule has 1 aliphatic rings. The van der Waals surface area contributed by atoms with Crippen molar-refractivity contribution in [3.05, 3.63) is 29.8 Å². The van der Waals surface area contributed by atoms with Crippen LogP contribution in [0.25, 0.3) is 0 Å². The van der Waals surface area contributed by atoms with Gasteiger partial charge in [0.25, 0.3) is 0 Å². The first-order valence-corrected chi connectivity index (χ1v) is 8.88. The van der Waals surface area contributed by atoms with E-state index in [9.17, 15) is 0 Å². The number of piperidine rings is 1. The summed E-state index contributed by atoms with van der Waals surface area (Å²) in [6.07, 6.45) is 4.04. The van der Waals surface area contributed by atoms with E-state index in [0.29, 0.717) is 6.04 Å². The van der Waals surface area contributed by atoms with E-state index in [1.165, 1.54) is 18.5 Å². The number of hydrogen-bond donors (Lipinski definition) is 0. The number of likely N-dealkylation sites (N-methyl/N-ethyl adjacent to an activating group) is 1. The number of rotatable bonds is 5. The molecule has 0 amide bonds. The van der Waals surface area contributed by atoms with Crippen molar-refractivity contribution >= 4 is 11.6 Å². The Kier molecular flexibility index (Phi) is 5.22. The van der Waals surface area contributed by atoms with Crippen LogP contribution in [-0.2, 0) is 13.6 Å². The van der Waals surface area contributed by atoms with Gasteiger partial charge in [-0.1, -0.05) is 0 Å². The molecular formula is C18H29N7. The molecule has 25 heavy (non-hydrogen) atoms. The Morgan fingerprint density at radius 1 is 1.16 bits per heavy atom. The van der Waals surface area contributed by atoms with E-state index < -0.39 is 0 Å². The van der Waals surface area contributed by atoms with Gasteiger partial charge in [0.1, 0.15) is 18.0 Å². The fourth-order valence-corrected chi connectivity index (χ4v) is 3.39. The second-order valence-electron chi connectivity index (χ2n) is 7.17. The summed E-state index contributed by atoms with van der Waals surface area (Å²) in [4.78, 5) is 15.6. The molecule has 0 aromatic carbocycles. The maximum atomic E-state index is 4.60. The van der Waals surface area contributed by atoms with Crippen LogP contribution in [0.5, 0.6) is 0 Å². The summed E-state index contributed by atoms with van der Waals surface area (Å²) in [6.45, 7) is 5.18. The van der Waals surface area contributed by atoms with Crippen molar-refractivity contribution in [2.75, 3.05) is 44.0 Å². The standard InChI is InChI=1S/C18H29N7/c1-14-9-15(21-24(14)5)11-25-8-6-7-16(12-25)23(4)18-10-17(22(2)3)19-13-20-18/h9-10,13,16H,6-8,11-12H2,1-5H3. The van der Waals surface area contributed by atoms with Crippen LogP contribution in [0.15, 0.2) is 18.5 Å². The summed E-state index contributed by atoms with van der Waals surface area (Å²) in [5, 5.41) is 4.60. The molecule has 3 rings (SSSR count). The zero-order valence-corrected chi connectivity index (χ0v) is 16.0. The average molecular weight is 343 g/mol. The fraction of sp³-hybridized carbons (Fsp3) is 0.611. The number of aromatic nitrogens is 4. The normalized spacial score (nSPS) is 18.4. The van der Waals surface area contributed by atoms with Crippen LogP contribution in [0.3, 0.4) is 0 Å². The molecule has 0 aliphatic carbocycles. The quantitative estimate of drug-likeness (QED) is 0.823. The molecule has 0 saturated carbocycles. The molecule has 0 radical (unpaired) electrons. The highest BCUT2D eigenvalue weighted by Gasteiger charge is 2.25. The van der Waals surface area contributed by atoms with Gasteiger partial charge in [-0.05, 0) is 32.4 Å². The summed E-state index contributed by atoms with van der Waals surface area (Å²) >= 11 is 0. The Labute approximate surface area is 150 Å². The highest BCUT2D eigenvalue weighted by Crippen LogP contribution is 2.22. The number of hydrogen-bond acceptors (Lipinski definition) is 6. The van der Waals surface area contributed by atoms with E-state index >= 15 is 0 Å². The van der Waals surface area contributed by atoms with Gasteiger partial charge in [0, 0.05) is 59.1 Å². The molecule has 0 N–H and O–H groups in total. The van der Waals surface area contributed by atoms with Gasteiger partial charge in [-0.2, -0.15) is 5.10 Å². The van der Waals surface area contributed by atoms with E-state index in [1.54, 1.807) is 6.33 Å². The SMILES string of the molecule is Cc1cc(CN2CCCC(N(C)c3cc(N(C)C)ncn3)C2)nn1C. The Morgan fingerprint density at radius 3 is 2.60 bits per heavy atom. The second kappa shape index (κ2) is 7.39. The Hall–Kier alpha value is -2.15. The first-order chi connectivity index (χ1) is 11.9. The number of likely N-dealkylation sites (tertiary alicyclic amines) is 1. The van der Waals surface area contributed by atoms with E-state index in [0.717, 1.165) is 37.0 Å². The molecule has 0 bridgehead atoms. The summed E-state index contributed by atoms with van der Waals surface area (Å²) in [5.41, 5.74) is 2.36. The third-order valence-corrected chi connectivity index (χ3v) is 5.04. The average Bonchev–Trinajstić information content (AvgIpc) is 2.92. The first kappa shape index (κ1) is 17.7. The van der Waals surface area contributed by atoms with Gasteiger partial charge in [0.05, 0.1) is 5.69 Å². The lowest BCUT2D eigenvalue weighted by molar-refractivity contribution is 0.196. The third kappa shape index (κ3) is 4.10. The molecule has 1 aliphatic heterocycles. The minimum atomic E-state index is 0.462. The lowest BCUT2D eigenvalue weighted by atomic mass is 10.0. The van der Waals surface area contributed by atoms with Crippen LogP contribution in [-0.4, -0.2) is 64.9 Å². The van der Waals surface area contributed by atoms with Crippen LogP contribution in [0, 0.1) is 6.92 Å². The number of aryl methyl sites for hydroxylation is 2. The Bertz CT molecular complexity index is 690. The first-order valence-electron chi connectivity index (χ1n) is 8.88. The van der Waals surface area contributed by atoms with Crippen molar-refractivity contribution in [3.8, 4) is 0 Å². The lowest BCUT2D eigenvalue weighted by Gasteiger charge is -2.38. The van der Waals surface area contributed by atoms with Crippen molar-refractivity contribution in [3.63, 3.8) is 0 Å². The zero-order valence-electron chi connectivity index (χ0n) is 16.0. The predicted molar refractivity (Wildman–Crippen MR) is 101 cm³/mol. The summed E-state index contributed by atoms with van der Waals surface area (Å²) in [6, 6.07) is 4.70. The maximum absolute atomic E-state index is 4.60. The Balaban J connectivity index is 1.67. The highest BCUT2D eigenvalue weighted by atomic mass is 15.3. The summed E-state index contributed by atoms with van der Waals surface area (Å²) in [7, 11) is 8.15. The van der Waals surface area contributed by atoms with Gasteiger partial charge in [-0.15, -0.1) is 0 Å². The van der Waals surface area contributed by atoms with Gasteiger partial charge in [0.15, 0.2) is 0 Å². The molecule has 0 spiro atoms. The van der Waals surface area contributed by atoms with Crippen LogP contribution >= 0.6 is 0 Å². The molecule has 3 heterocycles. The molecule has 1 atom stereocenters. The van der Waals surface area contributed by atoms with Gasteiger partial charge in [-0.25, -0.2) is 9.97 Å². The molecule has 1 saturated heterocycles. The summed E-state index contributed by atoms with van der Waals surface area (Å²) in [5.74, 6) is 1.92. The molecule has 2 aromatic heterocycles. The van der Waals surface area contributed by atoms with Crippen LogP contribution < -0.4 is 9.80 Å². The van der Waals surface area contributed by atoms with E-state index in [1.807, 2.05) is 30.7 Å². The van der Waals surface area contributed by atoms with Gasteiger partial charge >= 0.3 is 0 Å². The fourth-order valence-electron chi connectivity index (χ4n) is 3.39. The largest absolute Gasteiger partial charge is 0.363 e. The van der Waals surface area contributed by atoms with Crippen molar-refractivity contribution in [2.45, 2.75) is 32.4 Å². The predicted octanol–water partition coefficient (Wildman–Crippen LogP) is 1.69. The Morgan fingerprint density at radius 2 is 1.92 bits per heavy atom. The van der Waals surface area contributed by atoms with E-state index in [4.69, 9.17) is 0 Å². The number of anilines is 2.